The summed E-state index contributed by atoms with van der Waals surface area (Å²) in [4.78, 5) is 40.5. The van der Waals surface area contributed by atoms with E-state index in [1.165, 1.54) is 0 Å². The third-order valence-electron chi connectivity index (χ3n) is 11.7. The largest absolute Gasteiger partial charge is 0.397 e. The molecule has 5 N–H and O–H groups in total. The fourth-order valence-electron chi connectivity index (χ4n) is 8.10. The second-order valence-corrected chi connectivity index (χ2v) is 16.0. The van der Waals surface area contributed by atoms with Crippen molar-refractivity contribution < 1.29 is 29.1 Å². The van der Waals surface area contributed by atoms with E-state index >= 15 is 0 Å². The molecule has 62 heavy (non-hydrogen) atoms. The van der Waals surface area contributed by atoms with Crippen molar-refractivity contribution in [3.8, 4) is 11.1 Å². The summed E-state index contributed by atoms with van der Waals surface area (Å²) >= 11 is 0. The van der Waals surface area contributed by atoms with Crippen molar-refractivity contribution in [3.63, 3.8) is 0 Å². The summed E-state index contributed by atoms with van der Waals surface area (Å²) in [5, 5.41) is 26.7. The van der Waals surface area contributed by atoms with Crippen molar-refractivity contribution in [2.24, 2.45) is 0 Å². The van der Waals surface area contributed by atoms with Crippen molar-refractivity contribution in [3.05, 3.63) is 154 Å². The fraction of sp³-hybridized carbons (Fsp3) is 0.347. The summed E-state index contributed by atoms with van der Waals surface area (Å²) < 4.78 is 13.3. The molecule has 2 amide bonds. The van der Waals surface area contributed by atoms with Crippen LogP contribution in [0.2, 0.25) is 0 Å². The highest BCUT2D eigenvalue weighted by atomic mass is 16.7. The van der Waals surface area contributed by atoms with E-state index in [2.05, 4.69) is 38.6 Å². The molecule has 2 aliphatic rings. The van der Waals surface area contributed by atoms with Crippen molar-refractivity contribution in [1.82, 2.24) is 10.2 Å². The number of nitrogen functional groups attached to an aromatic ring is 1. The van der Waals surface area contributed by atoms with E-state index in [-0.39, 0.29) is 41.2 Å². The first kappa shape index (κ1) is 44.0. The lowest BCUT2D eigenvalue weighted by Gasteiger charge is -2.41. The van der Waals surface area contributed by atoms with Crippen LogP contribution < -0.4 is 21.3 Å². The first-order valence-corrected chi connectivity index (χ1v) is 21.5. The SMILES string of the molecule is Nc1ccccc1NC(=O)CCCCCCC(=O)NCc1ccccc1-c1ccc(C2OC(CN3CCN(c4ccc([N+](=O)[O-])cc4)CC3)CC(c3ccc(CO)cc3)O2)cc1. The van der Waals surface area contributed by atoms with Gasteiger partial charge in [0.2, 0.25) is 11.8 Å². The average Bonchev–Trinajstić information content (AvgIpc) is 3.30. The number of nitro groups is 1. The molecule has 5 aromatic rings. The summed E-state index contributed by atoms with van der Waals surface area (Å²) in [6, 6.07) is 38.2. The van der Waals surface area contributed by atoms with Gasteiger partial charge in [-0.2, -0.15) is 0 Å². The van der Waals surface area contributed by atoms with Crippen LogP contribution in [0.1, 0.15) is 79.6 Å². The number of aliphatic hydroxyl groups is 1. The number of anilines is 3. The molecule has 2 aliphatic heterocycles. The van der Waals surface area contributed by atoms with Gasteiger partial charge in [-0.25, -0.2) is 0 Å². The van der Waals surface area contributed by atoms with Crippen LogP contribution in [-0.2, 0) is 32.2 Å². The van der Waals surface area contributed by atoms with Gasteiger partial charge in [0.15, 0.2) is 6.29 Å². The number of piperazine rings is 1. The molecule has 0 radical (unpaired) electrons. The Kier molecular flexibility index (Phi) is 15.3. The van der Waals surface area contributed by atoms with Crippen molar-refractivity contribution in [2.45, 2.75) is 76.6 Å². The molecule has 324 valence electrons. The predicted molar refractivity (Wildman–Crippen MR) is 241 cm³/mol. The van der Waals surface area contributed by atoms with Gasteiger partial charge in [0.25, 0.3) is 5.69 Å². The number of nitro benzene ring substituents is 1. The summed E-state index contributed by atoms with van der Waals surface area (Å²) in [5.41, 5.74) is 14.0. The third-order valence-corrected chi connectivity index (χ3v) is 11.7. The van der Waals surface area contributed by atoms with Crippen molar-refractivity contribution >= 4 is 34.6 Å². The van der Waals surface area contributed by atoms with Gasteiger partial charge < -0.3 is 35.8 Å². The number of unbranched alkanes of at least 4 members (excludes halogenated alkanes) is 3. The summed E-state index contributed by atoms with van der Waals surface area (Å²) in [5.74, 6) is -0.0593. The molecule has 0 aromatic heterocycles. The minimum atomic E-state index is -0.591. The molecule has 0 saturated carbocycles. The van der Waals surface area contributed by atoms with Gasteiger partial charge in [-0.15, -0.1) is 0 Å². The smallest absolute Gasteiger partial charge is 0.269 e. The van der Waals surface area contributed by atoms with E-state index in [0.717, 1.165) is 97.5 Å². The molecule has 3 atom stereocenters. The lowest BCUT2D eigenvalue weighted by molar-refractivity contribution is -0.384. The number of benzene rings is 5. The van der Waals surface area contributed by atoms with Crippen molar-refractivity contribution in [2.75, 3.05) is 48.7 Å². The van der Waals surface area contributed by atoms with Gasteiger partial charge in [0, 0.05) is 81.9 Å². The number of hydrogen-bond acceptors (Lipinski definition) is 10. The number of nitrogens with two attached hydrogens (primary N) is 1. The molecule has 2 saturated heterocycles. The Bertz CT molecular complexity index is 2250. The Labute approximate surface area is 363 Å². The number of rotatable bonds is 18. The molecule has 0 spiro atoms. The second kappa shape index (κ2) is 21.6. The standard InChI is InChI=1S/C49H56N6O7/c50-44-11-7-8-12-45(44)52-48(58)14-4-2-1-3-13-47(57)51-32-39-9-5-6-10-43(39)36-19-21-38(22-20-36)49-61-42(31-46(62-49)37-17-15-35(34-56)16-18-37)33-53-27-29-54(30-28-53)40-23-25-41(26-24-40)55(59)60/h5-12,15-26,42,46,49,56H,1-4,13-14,27-34,50H2,(H,51,57)(H,52,58). The zero-order valence-corrected chi connectivity index (χ0v) is 35.0. The van der Waals surface area contributed by atoms with Crippen LogP contribution in [0.15, 0.2) is 121 Å². The Hall–Kier alpha value is -6.12. The maximum atomic E-state index is 12.8. The normalized spacial score (nSPS) is 18.0. The molecular formula is C49H56N6O7. The average molecular weight is 841 g/mol. The van der Waals surface area contributed by atoms with Gasteiger partial charge in [-0.3, -0.25) is 24.6 Å². The molecule has 3 unspecified atom stereocenters. The Balaban J connectivity index is 0.915. The van der Waals surface area contributed by atoms with E-state index < -0.39 is 6.29 Å². The Morgan fingerprint density at radius 3 is 2.11 bits per heavy atom. The Morgan fingerprint density at radius 2 is 1.42 bits per heavy atom. The van der Waals surface area contributed by atoms with Crippen LogP contribution >= 0.6 is 0 Å². The molecule has 13 nitrogen and oxygen atoms in total. The zero-order valence-electron chi connectivity index (χ0n) is 35.0. The monoisotopic (exact) mass is 840 g/mol. The summed E-state index contributed by atoms with van der Waals surface area (Å²) in [6.07, 6.45) is 3.86. The van der Waals surface area contributed by atoms with Crippen LogP contribution in [-0.4, -0.2) is 65.6 Å². The van der Waals surface area contributed by atoms with E-state index in [1.807, 2.05) is 78.9 Å². The number of para-hydroxylation sites is 2. The number of carbonyl (C=O) groups is 2. The molecule has 2 heterocycles. The van der Waals surface area contributed by atoms with Gasteiger partial charge in [0.05, 0.1) is 35.1 Å². The fourth-order valence-corrected chi connectivity index (χ4v) is 8.10. The maximum absolute atomic E-state index is 12.8. The summed E-state index contributed by atoms with van der Waals surface area (Å²) in [6.45, 7) is 4.40. The van der Waals surface area contributed by atoms with Crippen LogP contribution in [0.5, 0.6) is 0 Å². The molecule has 0 bridgehead atoms. The second-order valence-electron chi connectivity index (χ2n) is 16.0. The molecule has 5 aromatic carbocycles. The number of non-ortho nitro benzene ring substituents is 1. The number of ether oxygens (including phenoxy) is 2. The maximum Gasteiger partial charge on any atom is 0.269 e. The number of nitrogens with zero attached hydrogens (tertiary/aromatic N) is 3. The lowest BCUT2D eigenvalue weighted by atomic mass is 9.97. The third kappa shape index (κ3) is 12.0. The molecule has 2 fully saturated rings. The van der Waals surface area contributed by atoms with E-state index in [4.69, 9.17) is 15.2 Å². The predicted octanol–water partition coefficient (Wildman–Crippen LogP) is 8.30. The highest BCUT2D eigenvalue weighted by Crippen LogP contribution is 2.39. The molecule has 0 aliphatic carbocycles. The van der Waals surface area contributed by atoms with Crippen LogP contribution in [0.4, 0.5) is 22.7 Å². The highest BCUT2D eigenvalue weighted by molar-refractivity contribution is 5.93. The summed E-state index contributed by atoms with van der Waals surface area (Å²) in [7, 11) is 0. The minimum Gasteiger partial charge on any atom is -0.397 e. The van der Waals surface area contributed by atoms with E-state index in [0.29, 0.717) is 37.2 Å². The zero-order chi connectivity index (χ0) is 43.3. The quantitative estimate of drug-likeness (QED) is 0.0291. The van der Waals surface area contributed by atoms with E-state index in [9.17, 15) is 24.8 Å². The molecular weight excluding hydrogens is 785 g/mol. The lowest BCUT2D eigenvalue weighted by Crippen LogP contribution is -2.49. The minimum absolute atomic E-state index is 0.000483. The number of nitrogens with one attached hydrogen (secondary N) is 2. The number of hydrogen-bond donors (Lipinski definition) is 4. The van der Waals surface area contributed by atoms with Crippen LogP contribution in [0, 0.1) is 10.1 Å². The number of carbonyl (C=O) groups excluding carboxylic acids is 2. The highest BCUT2D eigenvalue weighted by Gasteiger charge is 2.34. The number of amides is 2. The van der Waals surface area contributed by atoms with Crippen LogP contribution in [0.3, 0.4) is 0 Å². The van der Waals surface area contributed by atoms with Gasteiger partial charge >= 0.3 is 0 Å². The molecule has 7 rings (SSSR count). The molecule has 13 heteroatoms. The Morgan fingerprint density at radius 1 is 0.758 bits per heavy atom. The first-order valence-electron chi connectivity index (χ1n) is 21.5. The topological polar surface area (TPSA) is 173 Å². The van der Waals surface area contributed by atoms with Gasteiger partial charge in [-0.05, 0) is 64.9 Å². The van der Waals surface area contributed by atoms with Crippen molar-refractivity contribution in [1.29, 1.82) is 0 Å². The van der Waals surface area contributed by atoms with E-state index in [1.54, 1.807) is 24.3 Å². The van der Waals surface area contributed by atoms with Gasteiger partial charge in [0.1, 0.15) is 0 Å². The van der Waals surface area contributed by atoms with Crippen LogP contribution in [0.25, 0.3) is 11.1 Å². The number of aliphatic hydroxyl groups excluding tert-OH is 1. The van der Waals surface area contributed by atoms with Gasteiger partial charge in [-0.1, -0.05) is 97.8 Å². The first-order chi connectivity index (χ1) is 30.2.